The summed E-state index contributed by atoms with van der Waals surface area (Å²) in [5.41, 5.74) is 12.4. The number of anilines is 2. The first-order valence-corrected chi connectivity index (χ1v) is 10.2. The van der Waals surface area contributed by atoms with Gasteiger partial charge in [-0.2, -0.15) is 4.98 Å². The zero-order chi connectivity index (χ0) is 20.4. The number of halogens is 1. The third-order valence-electron chi connectivity index (χ3n) is 5.74. The van der Waals surface area contributed by atoms with Crippen molar-refractivity contribution < 1.29 is 9.53 Å². The van der Waals surface area contributed by atoms with Crippen molar-refractivity contribution in [1.29, 1.82) is 0 Å². The Morgan fingerprint density at radius 1 is 1.28 bits per heavy atom. The maximum absolute atomic E-state index is 11.7. The lowest BCUT2D eigenvalue weighted by atomic mass is 9.96. The van der Waals surface area contributed by atoms with Crippen LogP contribution >= 0.6 is 11.6 Å². The Labute approximate surface area is 174 Å². The number of carbonyl (C=O) groups excluding carboxylic acids is 1. The van der Waals surface area contributed by atoms with Crippen LogP contribution in [0.25, 0.3) is 0 Å². The number of aromatic amines is 1. The van der Waals surface area contributed by atoms with Crippen molar-refractivity contribution in [1.82, 2.24) is 20.1 Å². The molecule has 0 radical (unpaired) electrons. The maximum Gasteiger partial charge on any atom is 0.247 e. The molecule has 0 spiro atoms. The Hall–Kier alpha value is -2.36. The van der Waals surface area contributed by atoms with Crippen molar-refractivity contribution in [2.45, 2.75) is 37.5 Å². The molecule has 5 N–H and O–H groups in total. The van der Waals surface area contributed by atoms with Crippen LogP contribution in [0.2, 0.25) is 5.02 Å². The SMILES string of the molecule is NC(=O)C1CN(C2CCN(c3n[nH]c(N)n3)CC2)[C@@H](Cc2ccc(Cl)cc2)CO1. The van der Waals surface area contributed by atoms with Crippen molar-refractivity contribution >= 4 is 29.4 Å². The Kier molecular flexibility index (Phi) is 5.89. The molecule has 29 heavy (non-hydrogen) atoms. The van der Waals surface area contributed by atoms with Crippen LogP contribution in [0.3, 0.4) is 0 Å². The highest BCUT2D eigenvalue weighted by Crippen LogP contribution is 2.26. The molecular weight excluding hydrogens is 394 g/mol. The number of piperidine rings is 1. The van der Waals surface area contributed by atoms with Gasteiger partial charge in [0.15, 0.2) is 0 Å². The summed E-state index contributed by atoms with van der Waals surface area (Å²) in [7, 11) is 0. The van der Waals surface area contributed by atoms with Gasteiger partial charge in [-0.25, -0.2) is 5.10 Å². The molecule has 1 unspecified atom stereocenters. The number of nitrogens with zero attached hydrogens (tertiary/aromatic N) is 4. The molecule has 3 heterocycles. The Bertz CT molecular complexity index is 835. The van der Waals surface area contributed by atoms with Crippen molar-refractivity contribution in [2.24, 2.45) is 5.73 Å². The van der Waals surface area contributed by atoms with Gasteiger partial charge in [0, 0.05) is 36.7 Å². The summed E-state index contributed by atoms with van der Waals surface area (Å²) in [5, 5.41) is 7.56. The van der Waals surface area contributed by atoms with E-state index < -0.39 is 12.0 Å². The van der Waals surface area contributed by atoms with E-state index >= 15 is 0 Å². The minimum absolute atomic E-state index is 0.183. The molecule has 0 aliphatic carbocycles. The maximum atomic E-state index is 11.7. The molecule has 2 atom stereocenters. The lowest BCUT2D eigenvalue weighted by Crippen LogP contribution is -2.59. The quantitative estimate of drug-likeness (QED) is 0.654. The number of hydrogen-bond acceptors (Lipinski definition) is 7. The summed E-state index contributed by atoms with van der Waals surface area (Å²) in [4.78, 5) is 20.5. The molecule has 1 aromatic carbocycles. The van der Waals surface area contributed by atoms with E-state index in [9.17, 15) is 4.79 Å². The smallest absolute Gasteiger partial charge is 0.247 e. The zero-order valence-electron chi connectivity index (χ0n) is 16.1. The Morgan fingerprint density at radius 2 is 2.00 bits per heavy atom. The summed E-state index contributed by atoms with van der Waals surface area (Å²) in [6, 6.07) is 8.40. The minimum atomic E-state index is -0.567. The molecule has 0 saturated carbocycles. The van der Waals surface area contributed by atoms with E-state index in [2.05, 4.69) is 25.0 Å². The standard InChI is InChI=1S/C19H26ClN7O2/c20-13-3-1-12(2-4-13)9-15-11-29-16(17(21)28)10-27(15)14-5-7-26(8-6-14)19-23-18(22)24-25-19/h1-4,14-16H,5-11H2,(H2,21,28)(H3,22,23,24,25)/t15-,16?/m0/s1. The van der Waals surface area contributed by atoms with Gasteiger partial charge in [-0.3, -0.25) is 9.69 Å². The first-order chi connectivity index (χ1) is 14.0. The number of ether oxygens (including phenoxy) is 1. The van der Waals surface area contributed by atoms with Crippen LogP contribution in [0.1, 0.15) is 18.4 Å². The van der Waals surface area contributed by atoms with Gasteiger partial charge >= 0.3 is 0 Å². The molecule has 2 saturated heterocycles. The van der Waals surface area contributed by atoms with E-state index in [-0.39, 0.29) is 6.04 Å². The first kappa shape index (κ1) is 19.9. The molecule has 0 bridgehead atoms. The average molecular weight is 420 g/mol. The molecule has 2 fully saturated rings. The lowest BCUT2D eigenvalue weighted by molar-refractivity contribution is -0.141. The van der Waals surface area contributed by atoms with Gasteiger partial charge in [0.05, 0.1) is 6.61 Å². The fraction of sp³-hybridized carbons (Fsp3) is 0.526. The van der Waals surface area contributed by atoms with Crippen molar-refractivity contribution in [3.8, 4) is 0 Å². The number of carbonyl (C=O) groups is 1. The predicted octanol–water partition coefficient (Wildman–Crippen LogP) is 0.807. The number of H-pyrrole nitrogens is 1. The number of nitrogens with one attached hydrogen (secondary N) is 1. The number of hydrogen-bond donors (Lipinski definition) is 3. The second-order valence-corrected chi connectivity index (χ2v) is 8.08. The number of nitrogen functional groups attached to an aromatic ring is 1. The van der Waals surface area contributed by atoms with Crippen molar-refractivity contribution in [3.05, 3.63) is 34.9 Å². The predicted molar refractivity (Wildman–Crippen MR) is 111 cm³/mol. The van der Waals surface area contributed by atoms with Crippen molar-refractivity contribution in [3.63, 3.8) is 0 Å². The lowest BCUT2D eigenvalue weighted by Gasteiger charge is -2.46. The summed E-state index contributed by atoms with van der Waals surface area (Å²) >= 11 is 6.01. The largest absolute Gasteiger partial charge is 0.368 e. The summed E-state index contributed by atoms with van der Waals surface area (Å²) in [5.74, 6) is 0.548. The number of amides is 1. The zero-order valence-corrected chi connectivity index (χ0v) is 16.9. The molecule has 2 aliphatic heterocycles. The topological polar surface area (TPSA) is 126 Å². The van der Waals surface area contributed by atoms with Crippen LogP contribution in [-0.2, 0) is 16.0 Å². The highest BCUT2D eigenvalue weighted by atomic mass is 35.5. The van der Waals surface area contributed by atoms with Crippen LogP contribution in [0.15, 0.2) is 24.3 Å². The molecule has 2 aromatic rings. The number of benzene rings is 1. The summed E-state index contributed by atoms with van der Waals surface area (Å²) < 4.78 is 5.77. The minimum Gasteiger partial charge on any atom is -0.368 e. The molecular formula is C19H26ClN7O2. The highest BCUT2D eigenvalue weighted by molar-refractivity contribution is 6.30. The summed E-state index contributed by atoms with van der Waals surface area (Å²) in [6.07, 6.45) is 2.15. The first-order valence-electron chi connectivity index (χ1n) is 9.83. The van der Waals surface area contributed by atoms with Gasteiger partial charge in [0.2, 0.25) is 17.8 Å². The Balaban J connectivity index is 1.44. The number of nitrogens with two attached hydrogens (primary N) is 2. The third kappa shape index (κ3) is 4.63. The number of rotatable bonds is 5. The van der Waals surface area contributed by atoms with Crippen LogP contribution in [0, 0.1) is 0 Å². The van der Waals surface area contributed by atoms with Crippen LogP contribution in [-0.4, -0.2) is 70.4 Å². The second-order valence-electron chi connectivity index (χ2n) is 7.64. The van der Waals surface area contributed by atoms with E-state index in [0.29, 0.717) is 31.1 Å². The van der Waals surface area contributed by atoms with Crippen LogP contribution in [0.4, 0.5) is 11.9 Å². The molecule has 1 amide bonds. The third-order valence-corrected chi connectivity index (χ3v) is 6.00. The van der Waals surface area contributed by atoms with E-state index in [0.717, 1.165) is 37.4 Å². The molecule has 9 nitrogen and oxygen atoms in total. The Morgan fingerprint density at radius 3 is 2.62 bits per heavy atom. The summed E-state index contributed by atoms with van der Waals surface area (Å²) in [6.45, 7) is 2.65. The number of morpholine rings is 1. The van der Waals surface area contributed by atoms with E-state index in [1.54, 1.807) is 0 Å². The number of primary amides is 1. The molecule has 2 aliphatic rings. The van der Waals surface area contributed by atoms with E-state index in [1.807, 2.05) is 24.3 Å². The average Bonchev–Trinajstić information content (AvgIpc) is 3.16. The van der Waals surface area contributed by atoms with E-state index in [1.165, 1.54) is 5.56 Å². The van der Waals surface area contributed by atoms with Gasteiger partial charge in [-0.05, 0) is 37.0 Å². The van der Waals surface area contributed by atoms with Crippen LogP contribution in [0.5, 0.6) is 0 Å². The number of aromatic nitrogens is 3. The molecule has 156 valence electrons. The van der Waals surface area contributed by atoms with Gasteiger partial charge in [-0.15, -0.1) is 5.10 Å². The van der Waals surface area contributed by atoms with Gasteiger partial charge in [-0.1, -0.05) is 23.7 Å². The van der Waals surface area contributed by atoms with Crippen LogP contribution < -0.4 is 16.4 Å². The highest BCUT2D eigenvalue weighted by Gasteiger charge is 2.37. The monoisotopic (exact) mass is 419 g/mol. The van der Waals surface area contributed by atoms with E-state index in [4.69, 9.17) is 27.8 Å². The van der Waals surface area contributed by atoms with Gasteiger partial charge in [0.25, 0.3) is 0 Å². The molecule has 4 rings (SSSR count). The van der Waals surface area contributed by atoms with Gasteiger partial charge < -0.3 is 21.1 Å². The van der Waals surface area contributed by atoms with Crippen molar-refractivity contribution in [2.75, 3.05) is 36.9 Å². The second kappa shape index (κ2) is 8.56. The molecule has 1 aromatic heterocycles. The normalized spacial score (nSPS) is 24.0. The fourth-order valence-electron chi connectivity index (χ4n) is 4.21. The molecule has 10 heteroatoms. The van der Waals surface area contributed by atoms with Gasteiger partial charge in [0.1, 0.15) is 6.10 Å². The fourth-order valence-corrected chi connectivity index (χ4v) is 4.33.